The van der Waals surface area contributed by atoms with Gasteiger partial charge in [0.2, 0.25) is 0 Å². The molecule has 156 valence electrons. The summed E-state index contributed by atoms with van der Waals surface area (Å²) in [5.74, 6) is 0.589. The molecule has 0 aliphatic carbocycles. The smallest absolute Gasteiger partial charge is 0.263 e. The largest absolute Gasteiger partial charge is 0.486 e. The second-order valence-corrected chi connectivity index (χ2v) is 7.28. The van der Waals surface area contributed by atoms with Crippen LogP contribution in [0.5, 0.6) is 5.75 Å². The molecule has 0 radical (unpaired) electrons. The highest BCUT2D eigenvalue weighted by Crippen LogP contribution is 2.33. The summed E-state index contributed by atoms with van der Waals surface area (Å²) in [5.41, 5.74) is 3.90. The molecule has 0 spiro atoms. The number of benzene rings is 2. The standard InChI is InChI=1S/C22H18F2N6O/c1-12(16-7-13(22(23)24)8-19-21(16)26-6-5-25-19)31-15-3-4-18-17(9-15)20(29-28-18)14-10-27-30(2)11-14/h3-12,22H,1-2H3,(H,28,29). The van der Waals surface area contributed by atoms with Crippen molar-refractivity contribution in [2.75, 3.05) is 0 Å². The van der Waals surface area contributed by atoms with Crippen LogP contribution in [0, 0.1) is 0 Å². The molecule has 1 unspecified atom stereocenters. The Kier molecular flexibility index (Phi) is 4.58. The van der Waals surface area contributed by atoms with Gasteiger partial charge in [-0.2, -0.15) is 10.2 Å². The van der Waals surface area contributed by atoms with Crippen LogP contribution < -0.4 is 4.74 Å². The Labute approximate surface area is 175 Å². The van der Waals surface area contributed by atoms with E-state index in [2.05, 4.69) is 25.3 Å². The van der Waals surface area contributed by atoms with Gasteiger partial charge in [0.1, 0.15) is 17.5 Å². The van der Waals surface area contributed by atoms with E-state index in [9.17, 15) is 8.78 Å². The lowest BCUT2D eigenvalue weighted by molar-refractivity contribution is 0.151. The van der Waals surface area contributed by atoms with Crippen LogP contribution in [0.1, 0.15) is 30.6 Å². The third kappa shape index (κ3) is 3.48. The predicted octanol–water partition coefficient (Wildman–Crippen LogP) is 4.98. The van der Waals surface area contributed by atoms with E-state index in [4.69, 9.17) is 4.74 Å². The number of halogens is 2. The molecule has 9 heteroatoms. The average molecular weight is 420 g/mol. The molecule has 0 bridgehead atoms. The maximum absolute atomic E-state index is 13.4. The van der Waals surface area contributed by atoms with Gasteiger partial charge in [-0.15, -0.1) is 0 Å². The van der Waals surface area contributed by atoms with Crippen LogP contribution >= 0.6 is 0 Å². The molecule has 7 nitrogen and oxygen atoms in total. The number of rotatable bonds is 5. The predicted molar refractivity (Wildman–Crippen MR) is 112 cm³/mol. The summed E-state index contributed by atoms with van der Waals surface area (Å²) < 4.78 is 34.7. The molecule has 0 aliphatic heterocycles. The number of aryl methyl sites for hydroxylation is 1. The number of hydrogen-bond donors (Lipinski definition) is 1. The monoisotopic (exact) mass is 420 g/mol. The summed E-state index contributed by atoms with van der Waals surface area (Å²) in [6, 6.07) is 8.36. The Balaban J connectivity index is 1.53. The van der Waals surface area contributed by atoms with E-state index < -0.39 is 12.5 Å². The fourth-order valence-corrected chi connectivity index (χ4v) is 3.66. The zero-order chi connectivity index (χ0) is 21.5. The van der Waals surface area contributed by atoms with Crippen LogP contribution in [0.25, 0.3) is 33.2 Å². The normalized spacial score (nSPS) is 12.7. The fourth-order valence-electron chi connectivity index (χ4n) is 3.66. The molecule has 0 fully saturated rings. The molecule has 0 aliphatic rings. The quantitative estimate of drug-likeness (QED) is 0.433. The Morgan fingerprint density at radius 3 is 2.71 bits per heavy atom. The summed E-state index contributed by atoms with van der Waals surface area (Å²) in [5, 5.41) is 12.5. The van der Waals surface area contributed by atoms with Crippen molar-refractivity contribution in [2.45, 2.75) is 19.5 Å². The summed E-state index contributed by atoms with van der Waals surface area (Å²) in [6.45, 7) is 1.81. The van der Waals surface area contributed by atoms with Crippen molar-refractivity contribution >= 4 is 21.9 Å². The van der Waals surface area contributed by atoms with Crippen LogP contribution in [-0.2, 0) is 7.05 Å². The Hall–Kier alpha value is -3.88. The third-order valence-corrected chi connectivity index (χ3v) is 5.14. The Morgan fingerprint density at radius 1 is 1.10 bits per heavy atom. The second-order valence-electron chi connectivity index (χ2n) is 7.28. The van der Waals surface area contributed by atoms with Gasteiger partial charge in [-0.1, -0.05) is 0 Å². The van der Waals surface area contributed by atoms with Crippen LogP contribution in [0.4, 0.5) is 8.78 Å². The van der Waals surface area contributed by atoms with Crippen molar-refractivity contribution in [1.82, 2.24) is 29.9 Å². The van der Waals surface area contributed by atoms with Crippen LogP contribution in [0.2, 0.25) is 0 Å². The molecule has 0 saturated heterocycles. The first-order valence-corrected chi connectivity index (χ1v) is 9.66. The number of ether oxygens (including phenoxy) is 1. The van der Waals surface area contributed by atoms with E-state index in [1.165, 1.54) is 24.5 Å². The molecule has 31 heavy (non-hydrogen) atoms. The fraction of sp³-hybridized carbons (Fsp3) is 0.182. The minimum Gasteiger partial charge on any atom is -0.486 e. The zero-order valence-corrected chi connectivity index (χ0v) is 16.8. The number of hydrogen-bond acceptors (Lipinski definition) is 5. The number of aromatic nitrogens is 6. The van der Waals surface area contributed by atoms with Crippen LogP contribution in [-0.4, -0.2) is 29.9 Å². The zero-order valence-electron chi connectivity index (χ0n) is 16.8. The van der Waals surface area contributed by atoms with Crippen molar-refractivity contribution in [3.05, 3.63) is 66.2 Å². The van der Waals surface area contributed by atoms with E-state index in [-0.39, 0.29) is 5.56 Å². The summed E-state index contributed by atoms with van der Waals surface area (Å²) >= 11 is 0. The van der Waals surface area contributed by atoms with Crippen molar-refractivity contribution in [2.24, 2.45) is 7.05 Å². The maximum Gasteiger partial charge on any atom is 0.263 e. The van der Waals surface area contributed by atoms with Gasteiger partial charge in [0, 0.05) is 47.7 Å². The minimum absolute atomic E-state index is 0.109. The summed E-state index contributed by atoms with van der Waals surface area (Å²) in [4.78, 5) is 8.51. The van der Waals surface area contributed by atoms with Gasteiger partial charge in [-0.25, -0.2) is 8.78 Å². The first-order valence-electron chi connectivity index (χ1n) is 9.66. The number of nitrogens with zero attached hydrogens (tertiary/aromatic N) is 5. The summed E-state index contributed by atoms with van der Waals surface area (Å²) in [7, 11) is 1.84. The van der Waals surface area contributed by atoms with E-state index in [1.54, 1.807) is 17.8 Å². The first-order chi connectivity index (χ1) is 15.0. The number of H-pyrrole nitrogens is 1. The molecule has 5 aromatic rings. The number of fused-ring (bicyclic) bond motifs is 2. The van der Waals surface area contributed by atoms with Crippen LogP contribution in [0.3, 0.4) is 0 Å². The lowest BCUT2D eigenvalue weighted by Gasteiger charge is -2.17. The van der Waals surface area contributed by atoms with Crippen molar-refractivity contribution in [3.8, 4) is 17.0 Å². The summed E-state index contributed by atoms with van der Waals surface area (Å²) in [6.07, 6.45) is 3.52. The average Bonchev–Trinajstić information content (AvgIpc) is 3.38. The molecule has 0 saturated carbocycles. The van der Waals surface area contributed by atoms with Gasteiger partial charge in [-0.3, -0.25) is 19.7 Å². The molecule has 0 amide bonds. The van der Waals surface area contributed by atoms with Gasteiger partial charge >= 0.3 is 0 Å². The second kappa shape index (κ2) is 7.42. The minimum atomic E-state index is -2.61. The number of alkyl halides is 2. The van der Waals surface area contributed by atoms with E-state index in [1.807, 2.05) is 31.4 Å². The Bertz CT molecular complexity index is 1390. The SMILES string of the molecule is CC(Oc1ccc2[nH]nc(-c3cnn(C)c3)c2c1)c1cc(C(F)F)cc2nccnc12. The van der Waals surface area contributed by atoms with Crippen molar-refractivity contribution in [3.63, 3.8) is 0 Å². The van der Waals surface area contributed by atoms with Gasteiger partial charge < -0.3 is 4.74 Å². The van der Waals surface area contributed by atoms with Gasteiger partial charge in [-0.05, 0) is 37.3 Å². The third-order valence-electron chi connectivity index (χ3n) is 5.14. The molecular formula is C22H18F2N6O. The Morgan fingerprint density at radius 2 is 1.94 bits per heavy atom. The first kappa shape index (κ1) is 19.1. The lowest BCUT2D eigenvalue weighted by atomic mass is 10.0. The van der Waals surface area contributed by atoms with Gasteiger partial charge in [0.05, 0.1) is 22.7 Å². The number of aromatic amines is 1. The van der Waals surface area contributed by atoms with Crippen molar-refractivity contribution in [1.29, 1.82) is 0 Å². The van der Waals surface area contributed by atoms with Gasteiger partial charge in [0.15, 0.2) is 0 Å². The highest BCUT2D eigenvalue weighted by molar-refractivity contribution is 5.93. The van der Waals surface area contributed by atoms with Crippen LogP contribution in [0.15, 0.2) is 55.1 Å². The van der Waals surface area contributed by atoms with Crippen molar-refractivity contribution < 1.29 is 13.5 Å². The molecule has 2 aromatic carbocycles. The molecule has 1 N–H and O–H groups in total. The highest BCUT2D eigenvalue weighted by atomic mass is 19.3. The van der Waals surface area contributed by atoms with Gasteiger partial charge in [0.25, 0.3) is 6.43 Å². The molecule has 5 rings (SSSR count). The molecular weight excluding hydrogens is 402 g/mol. The number of nitrogens with one attached hydrogen (secondary N) is 1. The topological polar surface area (TPSA) is 81.5 Å². The van der Waals surface area contributed by atoms with E-state index >= 15 is 0 Å². The molecule has 1 atom stereocenters. The molecule has 3 heterocycles. The van der Waals surface area contributed by atoms with E-state index in [0.29, 0.717) is 22.3 Å². The lowest BCUT2D eigenvalue weighted by Crippen LogP contribution is -2.06. The molecule has 3 aromatic heterocycles. The maximum atomic E-state index is 13.4. The van der Waals surface area contributed by atoms with E-state index in [0.717, 1.165) is 22.2 Å². The highest BCUT2D eigenvalue weighted by Gasteiger charge is 2.19.